The molecule has 2 rings (SSSR count). The maximum atomic E-state index is 11.4. The van der Waals surface area contributed by atoms with E-state index in [1.54, 1.807) is 12.1 Å². The molecule has 0 radical (unpaired) electrons. The monoisotopic (exact) mass is 298 g/mol. The van der Waals surface area contributed by atoms with Crippen molar-refractivity contribution in [3.63, 3.8) is 0 Å². The fourth-order valence-electron chi connectivity index (χ4n) is 2.20. The average molecular weight is 298 g/mol. The molecule has 0 aliphatic carbocycles. The summed E-state index contributed by atoms with van der Waals surface area (Å²) in [7, 11) is 1.38. The highest BCUT2D eigenvalue weighted by atomic mass is 16.5. The average Bonchev–Trinajstić information content (AvgIpc) is 2.59. The zero-order valence-corrected chi connectivity index (χ0v) is 13.2. The Balaban J connectivity index is 1.99. The van der Waals surface area contributed by atoms with Crippen LogP contribution in [0.3, 0.4) is 0 Å². The van der Waals surface area contributed by atoms with Crippen LogP contribution in [-0.2, 0) is 4.74 Å². The van der Waals surface area contributed by atoms with Crippen molar-refractivity contribution < 1.29 is 14.3 Å². The largest absolute Gasteiger partial charge is 0.494 e. The van der Waals surface area contributed by atoms with Gasteiger partial charge in [0.05, 0.1) is 19.3 Å². The van der Waals surface area contributed by atoms with Crippen molar-refractivity contribution in [1.29, 1.82) is 0 Å². The molecule has 3 nitrogen and oxygen atoms in total. The molecule has 0 amide bonds. The van der Waals surface area contributed by atoms with Crippen LogP contribution < -0.4 is 4.74 Å². The Morgan fingerprint density at radius 2 is 1.50 bits per heavy atom. The fraction of sp³-hybridized carbons (Fsp3) is 0.316. The van der Waals surface area contributed by atoms with Crippen molar-refractivity contribution in [3.8, 4) is 16.9 Å². The van der Waals surface area contributed by atoms with E-state index >= 15 is 0 Å². The van der Waals surface area contributed by atoms with Gasteiger partial charge in [-0.25, -0.2) is 4.79 Å². The summed E-state index contributed by atoms with van der Waals surface area (Å²) in [5, 5.41) is 0. The lowest BCUT2D eigenvalue weighted by Crippen LogP contribution is -2.00. The second-order valence-electron chi connectivity index (χ2n) is 5.15. The van der Waals surface area contributed by atoms with Crippen molar-refractivity contribution in [2.24, 2.45) is 0 Å². The molecule has 116 valence electrons. The van der Waals surface area contributed by atoms with Gasteiger partial charge in [0.25, 0.3) is 0 Å². The smallest absolute Gasteiger partial charge is 0.337 e. The number of hydrogen-bond donors (Lipinski definition) is 0. The first kappa shape index (κ1) is 16.1. The van der Waals surface area contributed by atoms with Gasteiger partial charge >= 0.3 is 5.97 Å². The minimum Gasteiger partial charge on any atom is -0.494 e. The van der Waals surface area contributed by atoms with E-state index in [2.05, 4.69) is 6.92 Å². The van der Waals surface area contributed by atoms with E-state index in [-0.39, 0.29) is 5.97 Å². The molecule has 0 unspecified atom stereocenters. The molecule has 2 aromatic rings. The molecule has 0 bridgehead atoms. The minimum absolute atomic E-state index is 0.317. The molecule has 0 saturated carbocycles. The first-order chi connectivity index (χ1) is 10.7. The Morgan fingerprint density at radius 1 is 0.909 bits per heavy atom. The van der Waals surface area contributed by atoms with Gasteiger partial charge in [0, 0.05) is 0 Å². The van der Waals surface area contributed by atoms with Crippen LogP contribution in [0.25, 0.3) is 11.1 Å². The van der Waals surface area contributed by atoms with E-state index in [1.807, 2.05) is 36.4 Å². The third-order valence-corrected chi connectivity index (χ3v) is 3.51. The van der Waals surface area contributed by atoms with Gasteiger partial charge in [-0.2, -0.15) is 0 Å². The summed E-state index contributed by atoms with van der Waals surface area (Å²) in [6, 6.07) is 15.4. The topological polar surface area (TPSA) is 35.5 Å². The zero-order valence-electron chi connectivity index (χ0n) is 13.2. The van der Waals surface area contributed by atoms with Crippen LogP contribution in [0, 0.1) is 0 Å². The molecule has 0 heterocycles. The number of unbranched alkanes of at least 4 members (excludes halogenated alkanes) is 2. The molecule has 0 spiro atoms. The Bertz CT molecular complexity index is 585. The summed E-state index contributed by atoms with van der Waals surface area (Å²) in [6.45, 7) is 2.95. The molecule has 0 aliphatic heterocycles. The summed E-state index contributed by atoms with van der Waals surface area (Å²) < 4.78 is 10.4. The Labute approximate surface area is 131 Å². The predicted octanol–water partition coefficient (Wildman–Crippen LogP) is 4.71. The van der Waals surface area contributed by atoms with E-state index in [0.717, 1.165) is 29.9 Å². The Kier molecular flexibility index (Phi) is 6.01. The third kappa shape index (κ3) is 4.35. The fourth-order valence-corrected chi connectivity index (χ4v) is 2.20. The lowest BCUT2D eigenvalue weighted by molar-refractivity contribution is 0.0601. The van der Waals surface area contributed by atoms with Crippen LogP contribution in [0.5, 0.6) is 5.75 Å². The first-order valence-corrected chi connectivity index (χ1v) is 7.66. The Hall–Kier alpha value is -2.29. The van der Waals surface area contributed by atoms with Crippen LogP contribution in [0.1, 0.15) is 36.5 Å². The van der Waals surface area contributed by atoms with Crippen LogP contribution in [0.4, 0.5) is 0 Å². The molecule has 3 heteroatoms. The van der Waals surface area contributed by atoms with Gasteiger partial charge in [-0.05, 0) is 41.8 Å². The van der Waals surface area contributed by atoms with Crippen molar-refractivity contribution >= 4 is 5.97 Å². The lowest BCUT2D eigenvalue weighted by atomic mass is 10.0. The van der Waals surface area contributed by atoms with Crippen molar-refractivity contribution in [1.82, 2.24) is 0 Å². The molecular weight excluding hydrogens is 276 g/mol. The molecule has 0 saturated heterocycles. The highest BCUT2D eigenvalue weighted by Crippen LogP contribution is 2.23. The number of methoxy groups -OCH3 is 1. The number of carbonyl (C=O) groups is 1. The number of esters is 1. The molecular formula is C19H22O3. The van der Waals surface area contributed by atoms with Gasteiger partial charge in [0.15, 0.2) is 0 Å². The molecule has 0 atom stereocenters. The number of rotatable bonds is 7. The molecule has 0 aromatic heterocycles. The summed E-state index contributed by atoms with van der Waals surface area (Å²) in [5.74, 6) is 0.577. The summed E-state index contributed by atoms with van der Waals surface area (Å²) >= 11 is 0. The normalized spacial score (nSPS) is 10.3. The van der Waals surface area contributed by atoms with Crippen LogP contribution in [-0.4, -0.2) is 19.7 Å². The maximum Gasteiger partial charge on any atom is 0.337 e. The number of carbonyl (C=O) groups excluding carboxylic acids is 1. The van der Waals surface area contributed by atoms with Gasteiger partial charge in [-0.1, -0.05) is 44.0 Å². The van der Waals surface area contributed by atoms with Crippen molar-refractivity contribution in [3.05, 3.63) is 54.1 Å². The first-order valence-electron chi connectivity index (χ1n) is 7.66. The van der Waals surface area contributed by atoms with Crippen LogP contribution >= 0.6 is 0 Å². The quantitative estimate of drug-likeness (QED) is 0.548. The molecule has 22 heavy (non-hydrogen) atoms. The summed E-state index contributed by atoms with van der Waals surface area (Å²) in [4.78, 5) is 11.4. The molecule has 0 aliphatic rings. The van der Waals surface area contributed by atoms with E-state index in [0.29, 0.717) is 5.56 Å². The van der Waals surface area contributed by atoms with Crippen LogP contribution in [0.15, 0.2) is 48.5 Å². The molecule has 0 N–H and O–H groups in total. The van der Waals surface area contributed by atoms with Crippen LogP contribution in [0.2, 0.25) is 0 Å². The SMILES string of the molecule is CCCCCOc1ccc(-c2ccc(C(=O)OC)cc2)cc1. The van der Waals surface area contributed by atoms with E-state index < -0.39 is 0 Å². The third-order valence-electron chi connectivity index (χ3n) is 3.51. The number of benzene rings is 2. The van der Waals surface area contributed by atoms with Gasteiger partial charge in [-0.15, -0.1) is 0 Å². The van der Waals surface area contributed by atoms with E-state index in [9.17, 15) is 4.79 Å². The lowest BCUT2D eigenvalue weighted by Gasteiger charge is -2.07. The highest BCUT2D eigenvalue weighted by molar-refractivity contribution is 5.89. The molecule has 0 fully saturated rings. The second-order valence-corrected chi connectivity index (χ2v) is 5.15. The van der Waals surface area contributed by atoms with Gasteiger partial charge in [0.2, 0.25) is 0 Å². The number of hydrogen-bond acceptors (Lipinski definition) is 3. The summed E-state index contributed by atoms with van der Waals surface area (Å²) in [6.07, 6.45) is 3.49. The van der Waals surface area contributed by atoms with Gasteiger partial charge in [0.1, 0.15) is 5.75 Å². The van der Waals surface area contributed by atoms with E-state index in [4.69, 9.17) is 9.47 Å². The maximum absolute atomic E-state index is 11.4. The zero-order chi connectivity index (χ0) is 15.8. The Morgan fingerprint density at radius 3 is 2.05 bits per heavy atom. The highest BCUT2D eigenvalue weighted by Gasteiger charge is 2.05. The summed E-state index contributed by atoms with van der Waals surface area (Å²) in [5.41, 5.74) is 2.71. The van der Waals surface area contributed by atoms with E-state index in [1.165, 1.54) is 20.0 Å². The predicted molar refractivity (Wildman–Crippen MR) is 88.2 cm³/mol. The van der Waals surface area contributed by atoms with Crippen molar-refractivity contribution in [2.45, 2.75) is 26.2 Å². The van der Waals surface area contributed by atoms with Gasteiger partial charge < -0.3 is 9.47 Å². The minimum atomic E-state index is -0.317. The standard InChI is InChI=1S/C19H22O3/c1-3-4-5-14-22-18-12-10-16(11-13-18)15-6-8-17(9-7-15)19(20)21-2/h6-13H,3-5,14H2,1-2H3. The molecule has 2 aromatic carbocycles. The van der Waals surface area contributed by atoms with Gasteiger partial charge in [-0.3, -0.25) is 0 Å². The second kappa shape index (κ2) is 8.23. The van der Waals surface area contributed by atoms with Crippen molar-refractivity contribution in [2.75, 3.05) is 13.7 Å². The number of ether oxygens (including phenoxy) is 2.